The Kier molecular flexibility index (Phi) is 4.68. The molecular weight excluding hydrogens is 328 g/mol. The molecule has 2 aliphatic rings. The molecule has 2 saturated heterocycles. The lowest BCUT2D eigenvalue weighted by molar-refractivity contribution is 0.156. The second kappa shape index (κ2) is 7.11. The monoisotopic (exact) mass is 354 g/mol. The van der Waals surface area contributed by atoms with Crippen LogP contribution in [0.3, 0.4) is 0 Å². The summed E-state index contributed by atoms with van der Waals surface area (Å²) >= 11 is 0. The first-order valence-electron chi connectivity index (χ1n) is 9.22. The van der Waals surface area contributed by atoms with Crippen LogP contribution in [0.1, 0.15) is 24.1 Å². The van der Waals surface area contributed by atoms with Crippen molar-refractivity contribution in [2.75, 3.05) is 33.4 Å². The van der Waals surface area contributed by atoms with Crippen molar-refractivity contribution < 1.29 is 9.15 Å². The minimum atomic E-state index is 0.324. The van der Waals surface area contributed by atoms with Crippen molar-refractivity contribution in [2.24, 2.45) is 10.4 Å². The first kappa shape index (κ1) is 17.1. The molecule has 1 aromatic heterocycles. The van der Waals surface area contributed by atoms with Crippen LogP contribution in [0.15, 0.2) is 39.9 Å². The lowest BCUT2D eigenvalue weighted by Gasteiger charge is -2.24. The Morgan fingerprint density at radius 2 is 2.15 bits per heavy atom. The van der Waals surface area contributed by atoms with E-state index in [1.54, 1.807) is 6.26 Å². The Hall–Kier alpha value is -2.34. The van der Waals surface area contributed by atoms with Crippen molar-refractivity contribution in [1.29, 1.82) is 0 Å². The van der Waals surface area contributed by atoms with E-state index < -0.39 is 0 Å². The number of aromatic nitrogens is 1. The second-order valence-electron chi connectivity index (χ2n) is 7.38. The Morgan fingerprint density at radius 1 is 1.31 bits per heavy atom. The molecule has 1 spiro atoms. The maximum absolute atomic E-state index is 5.64. The summed E-state index contributed by atoms with van der Waals surface area (Å²) in [5.74, 6) is 1.58. The molecule has 0 bridgehead atoms. The van der Waals surface area contributed by atoms with Crippen LogP contribution in [0.2, 0.25) is 0 Å². The summed E-state index contributed by atoms with van der Waals surface area (Å²) < 4.78 is 11.3. The summed E-state index contributed by atoms with van der Waals surface area (Å²) in [6.45, 7) is 6.48. The standard InChI is InChI=1S/C20H26N4O2/c1-15-3-5-16(6-4-15)18-23-17(12-26-18)11-22-19(21-2)24-9-7-20(13-24)8-10-25-14-20/h3-6,12H,7-11,13-14H2,1-2H3,(H,21,22). The topological polar surface area (TPSA) is 62.9 Å². The Labute approximate surface area is 154 Å². The number of likely N-dealkylation sites (tertiary alicyclic amines) is 1. The van der Waals surface area contributed by atoms with Gasteiger partial charge in [-0.1, -0.05) is 17.7 Å². The van der Waals surface area contributed by atoms with Crippen LogP contribution < -0.4 is 5.32 Å². The molecule has 3 heterocycles. The first-order chi connectivity index (χ1) is 12.7. The van der Waals surface area contributed by atoms with E-state index in [2.05, 4.69) is 39.2 Å². The number of ether oxygens (including phenoxy) is 1. The second-order valence-corrected chi connectivity index (χ2v) is 7.38. The van der Waals surface area contributed by atoms with Gasteiger partial charge in [0.2, 0.25) is 5.89 Å². The largest absolute Gasteiger partial charge is 0.444 e. The number of rotatable bonds is 3. The summed E-state index contributed by atoms with van der Waals surface area (Å²) in [4.78, 5) is 11.4. The minimum absolute atomic E-state index is 0.324. The third kappa shape index (κ3) is 3.46. The van der Waals surface area contributed by atoms with Gasteiger partial charge >= 0.3 is 0 Å². The van der Waals surface area contributed by atoms with Crippen LogP contribution in [-0.2, 0) is 11.3 Å². The highest BCUT2D eigenvalue weighted by Gasteiger charge is 2.42. The predicted molar refractivity (Wildman–Crippen MR) is 101 cm³/mol. The van der Waals surface area contributed by atoms with Crippen molar-refractivity contribution in [3.05, 3.63) is 41.8 Å². The van der Waals surface area contributed by atoms with E-state index >= 15 is 0 Å². The lowest BCUT2D eigenvalue weighted by atomic mass is 9.87. The van der Waals surface area contributed by atoms with Crippen LogP contribution in [0, 0.1) is 12.3 Å². The van der Waals surface area contributed by atoms with E-state index in [0.29, 0.717) is 17.9 Å². The number of benzene rings is 1. The fourth-order valence-electron chi connectivity index (χ4n) is 3.81. The van der Waals surface area contributed by atoms with Crippen molar-refractivity contribution >= 4 is 5.96 Å². The Morgan fingerprint density at radius 3 is 2.88 bits per heavy atom. The fourth-order valence-corrected chi connectivity index (χ4v) is 3.81. The van der Waals surface area contributed by atoms with Crippen molar-refractivity contribution in [1.82, 2.24) is 15.2 Å². The van der Waals surface area contributed by atoms with Gasteiger partial charge < -0.3 is 19.4 Å². The Balaban J connectivity index is 1.37. The highest BCUT2D eigenvalue weighted by atomic mass is 16.5. The highest BCUT2D eigenvalue weighted by molar-refractivity contribution is 5.80. The number of guanidine groups is 1. The molecule has 1 atom stereocenters. The van der Waals surface area contributed by atoms with Gasteiger partial charge in [-0.3, -0.25) is 4.99 Å². The molecule has 6 nitrogen and oxygen atoms in total. The number of hydrogen-bond donors (Lipinski definition) is 1. The molecule has 0 amide bonds. The zero-order valence-electron chi connectivity index (χ0n) is 15.5. The number of nitrogens with one attached hydrogen (secondary N) is 1. The van der Waals surface area contributed by atoms with Gasteiger partial charge in [-0.2, -0.15) is 0 Å². The molecule has 0 saturated carbocycles. The van der Waals surface area contributed by atoms with Crippen molar-refractivity contribution in [2.45, 2.75) is 26.3 Å². The number of oxazole rings is 1. The van der Waals surface area contributed by atoms with E-state index in [1.165, 1.54) is 12.0 Å². The number of aryl methyl sites for hydroxylation is 1. The normalized spacial score (nSPS) is 23.2. The maximum atomic E-state index is 5.64. The van der Waals surface area contributed by atoms with Gasteiger partial charge in [-0.25, -0.2) is 4.98 Å². The zero-order valence-corrected chi connectivity index (χ0v) is 15.5. The summed E-state index contributed by atoms with van der Waals surface area (Å²) in [5.41, 5.74) is 3.42. The molecule has 1 unspecified atom stereocenters. The summed E-state index contributed by atoms with van der Waals surface area (Å²) in [6.07, 6.45) is 4.05. The number of nitrogens with zero attached hydrogens (tertiary/aromatic N) is 3. The van der Waals surface area contributed by atoms with E-state index in [1.807, 2.05) is 19.2 Å². The third-order valence-electron chi connectivity index (χ3n) is 5.41. The van der Waals surface area contributed by atoms with Crippen LogP contribution in [-0.4, -0.2) is 49.2 Å². The number of hydrogen-bond acceptors (Lipinski definition) is 4. The van der Waals surface area contributed by atoms with Gasteiger partial charge in [0.15, 0.2) is 5.96 Å². The van der Waals surface area contributed by atoms with Crippen molar-refractivity contribution in [3.63, 3.8) is 0 Å². The van der Waals surface area contributed by atoms with Crippen LogP contribution >= 0.6 is 0 Å². The molecule has 0 radical (unpaired) electrons. The smallest absolute Gasteiger partial charge is 0.226 e. The van der Waals surface area contributed by atoms with Gasteiger partial charge in [0.25, 0.3) is 0 Å². The van der Waals surface area contributed by atoms with Gasteiger partial charge in [-0.15, -0.1) is 0 Å². The lowest BCUT2D eigenvalue weighted by Crippen LogP contribution is -2.41. The average Bonchev–Trinajstić information content (AvgIpc) is 3.39. The van der Waals surface area contributed by atoms with E-state index in [0.717, 1.165) is 49.9 Å². The quantitative estimate of drug-likeness (QED) is 0.678. The van der Waals surface area contributed by atoms with Gasteiger partial charge in [0.05, 0.1) is 18.8 Å². The average molecular weight is 354 g/mol. The van der Waals surface area contributed by atoms with Crippen molar-refractivity contribution in [3.8, 4) is 11.5 Å². The molecule has 2 aliphatic heterocycles. The predicted octanol–water partition coefficient (Wildman–Crippen LogP) is 2.84. The van der Waals surface area contributed by atoms with Gasteiger partial charge in [0, 0.05) is 37.7 Å². The minimum Gasteiger partial charge on any atom is -0.444 e. The summed E-state index contributed by atoms with van der Waals surface area (Å²) in [6, 6.07) is 8.19. The molecule has 6 heteroatoms. The molecule has 2 aromatic rings. The maximum Gasteiger partial charge on any atom is 0.226 e. The molecule has 26 heavy (non-hydrogen) atoms. The highest BCUT2D eigenvalue weighted by Crippen LogP contribution is 2.38. The first-order valence-corrected chi connectivity index (χ1v) is 9.22. The van der Waals surface area contributed by atoms with Gasteiger partial charge in [-0.05, 0) is 31.9 Å². The SMILES string of the molecule is CN=C(NCc1coc(-c2ccc(C)cc2)n1)N1CCC2(CCOC2)C1. The van der Waals surface area contributed by atoms with Crippen LogP contribution in [0.25, 0.3) is 11.5 Å². The van der Waals surface area contributed by atoms with Gasteiger partial charge in [0.1, 0.15) is 6.26 Å². The van der Waals surface area contributed by atoms with E-state index in [4.69, 9.17) is 9.15 Å². The molecule has 1 aromatic carbocycles. The Bertz CT molecular complexity index is 775. The summed E-state index contributed by atoms with van der Waals surface area (Å²) in [5, 5.41) is 3.42. The van der Waals surface area contributed by atoms with Crippen LogP contribution in [0.5, 0.6) is 0 Å². The van der Waals surface area contributed by atoms with Crippen LogP contribution in [0.4, 0.5) is 0 Å². The molecule has 2 fully saturated rings. The number of aliphatic imine (C=N–C) groups is 1. The molecule has 4 rings (SSSR count). The van der Waals surface area contributed by atoms with E-state index in [-0.39, 0.29) is 0 Å². The molecule has 0 aliphatic carbocycles. The third-order valence-corrected chi connectivity index (χ3v) is 5.41. The molecular formula is C20H26N4O2. The summed E-state index contributed by atoms with van der Waals surface area (Å²) in [7, 11) is 1.83. The van der Waals surface area contributed by atoms with E-state index in [9.17, 15) is 0 Å². The molecule has 1 N–H and O–H groups in total. The zero-order chi connectivity index (χ0) is 18.0. The fraction of sp³-hybridized carbons (Fsp3) is 0.500. The molecule has 138 valence electrons.